The molecule has 0 bridgehead atoms. The van der Waals surface area contributed by atoms with Gasteiger partial charge in [0.2, 0.25) is 0 Å². The lowest BCUT2D eigenvalue weighted by atomic mass is 9.92. The zero-order valence-electron chi connectivity index (χ0n) is 19.9. The first-order valence-corrected chi connectivity index (χ1v) is 12.5. The number of allylic oxidation sites excluding steroid dienone is 1. The molecule has 35 heavy (non-hydrogen) atoms. The molecule has 1 aliphatic heterocycles. The Morgan fingerprint density at radius 3 is 2.69 bits per heavy atom. The van der Waals surface area contributed by atoms with Crippen LogP contribution in [-0.2, 0) is 19.6 Å². The summed E-state index contributed by atoms with van der Waals surface area (Å²) in [5.41, 5.74) is 4.88. The highest BCUT2D eigenvalue weighted by Crippen LogP contribution is 2.28. The van der Waals surface area contributed by atoms with Crippen molar-refractivity contribution in [2.24, 2.45) is 0 Å². The first-order chi connectivity index (χ1) is 16.8. The summed E-state index contributed by atoms with van der Waals surface area (Å²) < 4.78 is 7.44. The average molecular weight is 492 g/mol. The Kier molecular flexibility index (Phi) is 6.78. The molecular weight excluding hydrogens is 462 g/mol. The third kappa shape index (κ3) is 5.84. The van der Waals surface area contributed by atoms with Gasteiger partial charge in [0, 0.05) is 43.8 Å². The number of halogens is 1. The van der Waals surface area contributed by atoms with Crippen LogP contribution in [0.3, 0.4) is 0 Å². The number of ether oxygens (including phenoxy) is 1. The molecule has 7 heteroatoms. The lowest BCUT2D eigenvalue weighted by Crippen LogP contribution is -2.41. The van der Waals surface area contributed by atoms with Crippen LogP contribution in [0.25, 0.3) is 11.8 Å². The summed E-state index contributed by atoms with van der Waals surface area (Å²) >= 11 is 5.87. The van der Waals surface area contributed by atoms with Crippen molar-refractivity contribution in [2.45, 2.75) is 51.4 Å². The molecule has 1 saturated heterocycles. The zero-order chi connectivity index (χ0) is 24.4. The van der Waals surface area contributed by atoms with Crippen molar-refractivity contribution in [3.05, 3.63) is 92.6 Å². The minimum atomic E-state index is -0.524. The highest BCUT2D eigenvalue weighted by Gasteiger charge is 2.27. The molecule has 1 aliphatic carbocycles. The van der Waals surface area contributed by atoms with Crippen LogP contribution in [0, 0.1) is 0 Å². The van der Waals surface area contributed by atoms with E-state index in [1.165, 1.54) is 17.2 Å². The van der Waals surface area contributed by atoms with Crippen LogP contribution in [0.15, 0.2) is 59.7 Å². The van der Waals surface area contributed by atoms with Gasteiger partial charge in [0.25, 0.3) is 5.56 Å². The predicted molar refractivity (Wildman–Crippen MR) is 138 cm³/mol. The second-order valence-electron chi connectivity index (χ2n) is 9.77. The van der Waals surface area contributed by atoms with Crippen molar-refractivity contribution in [1.29, 1.82) is 0 Å². The van der Waals surface area contributed by atoms with E-state index in [-0.39, 0.29) is 12.2 Å². The van der Waals surface area contributed by atoms with Crippen molar-refractivity contribution in [2.75, 3.05) is 13.1 Å². The molecule has 0 radical (unpaired) electrons. The molecule has 2 aliphatic rings. The van der Waals surface area contributed by atoms with Gasteiger partial charge in [-0.05, 0) is 73.6 Å². The molecule has 0 atom stereocenters. The zero-order valence-corrected chi connectivity index (χ0v) is 20.7. The van der Waals surface area contributed by atoms with E-state index in [4.69, 9.17) is 16.3 Å². The maximum atomic E-state index is 12.8. The summed E-state index contributed by atoms with van der Waals surface area (Å²) in [4.78, 5) is 19.4. The molecule has 0 amide bonds. The fraction of sp³-hybridized carbons (Fsp3) is 0.357. The first kappa shape index (κ1) is 23.8. The van der Waals surface area contributed by atoms with Gasteiger partial charge in [0.05, 0.1) is 16.3 Å². The number of aromatic nitrogens is 2. The summed E-state index contributed by atoms with van der Waals surface area (Å²) in [5.74, 6) is 0.517. The maximum absolute atomic E-state index is 12.8. The van der Waals surface area contributed by atoms with Gasteiger partial charge in [-0.1, -0.05) is 29.8 Å². The van der Waals surface area contributed by atoms with Crippen LogP contribution >= 0.6 is 11.6 Å². The number of aryl methyl sites for hydroxylation is 1. The minimum absolute atomic E-state index is 0.112. The third-order valence-electron chi connectivity index (χ3n) is 6.90. The van der Waals surface area contributed by atoms with Crippen molar-refractivity contribution < 1.29 is 9.84 Å². The first-order valence-electron chi connectivity index (χ1n) is 12.1. The number of nitrogens with zero attached hydrogens (tertiary/aromatic N) is 3. The largest absolute Gasteiger partial charge is 0.487 e. The lowest BCUT2D eigenvalue weighted by Gasteiger charge is -2.35. The molecule has 1 fully saturated rings. The monoisotopic (exact) mass is 491 g/mol. The second-order valence-corrected chi connectivity index (χ2v) is 10.2. The van der Waals surface area contributed by atoms with Crippen LogP contribution in [0.1, 0.15) is 48.6 Å². The van der Waals surface area contributed by atoms with Gasteiger partial charge >= 0.3 is 0 Å². The van der Waals surface area contributed by atoms with Crippen LogP contribution in [0.2, 0.25) is 5.02 Å². The summed E-state index contributed by atoms with van der Waals surface area (Å²) in [6.45, 7) is 4.96. The van der Waals surface area contributed by atoms with E-state index in [0.717, 1.165) is 62.3 Å². The smallest absolute Gasteiger partial charge is 0.258 e. The number of fused-ring (bicyclic) bond motifs is 1. The molecule has 1 aromatic carbocycles. The van der Waals surface area contributed by atoms with Crippen LogP contribution in [0.5, 0.6) is 5.75 Å². The van der Waals surface area contributed by atoms with Gasteiger partial charge in [-0.2, -0.15) is 0 Å². The highest BCUT2D eigenvalue weighted by molar-refractivity contribution is 6.30. The van der Waals surface area contributed by atoms with Gasteiger partial charge in [0.15, 0.2) is 0 Å². The topological polar surface area (TPSA) is 67.6 Å². The fourth-order valence-corrected chi connectivity index (χ4v) is 4.82. The molecule has 182 valence electrons. The van der Waals surface area contributed by atoms with Crippen LogP contribution in [0.4, 0.5) is 0 Å². The number of hydrogen-bond acceptors (Lipinski definition) is 5. The summed E-state index contributed by atoms with van der Waals surface area (Å²) in [6.07, 6.45) is 8.81. The maximum Gasteiger partial charge on any atom is 0.258 e. The Balaban J connectivity index is 1.25. The predicted octanol–water partition coefficient (Wildman–Crippen LogP) is 4.77. The van der Waals surface area contributed by atoms with Crippen molar-refractivity contribution in [3.63, 3.8) is 0 Å². The molecule has 2 aromatic heterocycles. The number of hydrogen-bond donors (Lipinski definition) is 1. The normalized spacial score (nSPS) is 17.5. The van der Waals surface area contributed by atoms with E-state index in [2.05, 4.69) is 34.2 Å². The fourth-order valence-electron chi connectivity index (χ4n) is 4.71. The Hall–Kier alpha value is -2.93. The highest BCUT2D eigenvalue weighted by atomic mass is 35.5. The van der Waals surface area contributed by atoms with Gasteiger partial charge in [-0.25, -0.2) is 0 Å². The number of aliphatic hydroxyl groups is 1. The molecular formula is C28H30ClN3O3. The second kappa shape index (κ2) is 9.97. The van der Waals surface area contributed by atoms with E-state index in [1.807, 2.05) is 13.0 Å². The molecule has 1 N–H and O–H groups in total. The van der Waals surface area contributed by atoms with Crippen molar-refractivity contribution in [3.8, 4) is 5.75 Å². The molecule has 0 unspecified atom stereocenters. The number of likely N-dealkylation sites (tertiary alicyclic amines) is 1. The summed E-state index contributed by atoms with van der Waals surface area (Å²) in [6, 6.07) is 13.5. The standard InChI is InChI=1S/C28H30ClN3O3/c1-28(34)9-12-31(13-10-28)18-20-2-3-22-15-25(7-4-21(22)14-20)32-11-8-26(16-27(32)33)35-19-24-6-5-23(29)17-30-24/h2-3,5-6,8,11,14-17,34H,4,7,9-10,12-13,18-19H2,1H3. The average Bonchev–Trinajstić information content (AvgIpc) is 2.85. The van der Waals surface area contributed by atoms with E-state index < -0.39 is 5.60 Å². The Bertz CT molecular complexity index is 1290. The molecule has 3 aromatic rings. The van der Waals surface area contributed by atoms with Crippen LogP contribution in [-0.4, -0.2) is 38.2 Å². The minimum Gasteiger partial charge on any atom is -0.487 e. The number of benzene rings is 1. The molecule has 5 rings (SSSR count). The molecule has 0 saturated carbocycles. The number of rotatable bonds is 6. The van der Waals surface area contributed by atoms with Gasteiger partial charge in [-0.15, -0.1) is 0 Å². The van der Waals surface area contributed by atoms with E-state index in [1.54, 1.807) is 29.1 Å². The summed E-state index contributed by atoms with van der Waals surface area (Å²) in [5, 5.41) is 10.8. The van der Waals surface area contributed by atoms with E-state index in [9.17, 15) is 9.90 Å². The lowest BCUT2D eigenvalue weighted by molar-refractivity contribution is -0.00730. The molecule has 6 nitrogen and oxygen atoms in total. The molecule has 0 spiro atoms. The Labute approximate surface area is 210 Å². The van der Waals surface area contributed by atoms with Crippen LogP contribution < -0.4 is 10.3 Å². The quantitative estimate of drug-likeness (QED) is 0.538. The van der Waals surface area contributed by atoms with Gasteiger partial charge in [0.1, 0.15) is 12.4 Å². The number of piperidine rings is 1. The van der Waals surface area contributed by atoms with E-state index >= 15 is 0 Å². The third-order valence-corrected chi connectivity index (χ3v) is 7.12. The van der Waals surface area contributed by atoms with Gasteiger partial charge in [-0.3, -0.25) is 19.2 Å². The van der Waals surface area contributed by atoms with E-state index in [0.29, 0.717) is 10.8 Å². The Morgan fingerprint density at radius 2 is 1.94 bits per heavy atom. The summed E-state index contributed by atoms with van der Waals surface area (Å²) in [7, 11) is 0. The molecule has 3 heterocycles. The Morgan fingerprint density at radius 1 is 1.11 bits per heavy atom. The van der Waals surface area contributed by atoms with Crippen molar-refractivity contribution in [1.82, 2.24) is 14.5 Å². The SMILES string of the molecule is CC1(O)CCN(Cc2ccc3c(c2)CCC(n2ccc(OCc4ccc(Cl)cn4)cc2=O)=C3)CC1. The number of pyridine rings is 2. The van der Waals surface area contributed by atoms with Crippen molar-refractivity contribution >= 4 is 23.4 Å². The van der Waals surface area contributed by atoms with Gasteiger partial charge < -0.3 is 9.84 Å².